The van der Waals surface area contributed by atoms with E-state index in [1.165, 1.54) is 0 Å². The van der Waals surface area contributed by atoms with Gasteiger partial charge < -0.3 is 15.0 Å². The van der Waals surface area contributed by atoms with Crippen LogP contribution in [0.25, 0.3) is 0 Å². The lowest BCUT2D eigenvalue weighted by atomic mass is 10.1. The monoisotopic (exact) mass is 274 g/mol. The number of rotatable bonds is 5. The van der Waals surface area contributed by atoms with Crippen molar-refractivity contribution in [2.75, 3.05) is 38.2 Å². The van der Waals surface area contributed by atoms with Crippen molar-refractivity contribution in [2.24, 2.45) is 5.92 Å². The summed E-state index contributed by atoms with van der Waals surface area (Å²) in [6, 6.07) is -0.421. The number of carbonyl (C=O) groups is 2. The lowest BCUT2D eigenvalue weighted by Crippen LogP contribution is -2.53. The Morgan fingerprint density at radius 2 is 2.28 bits per heavy atom. The largest absolute Gasteiger partial charge is 0.464 e. The van der Waals surface area contributed by atoms with E-state index in [1.54, 1.807) is 23.6 Å². The molecule has 0 aliphatic carbocycles. The molecule has 1 heterocycles. The van der Waals surface area contributed by atoms with Crippen LogP contribution in [0.1, 0.15) is 13.8 Å². The van der Waals surface area contributed by atoms with Gasteiger partial charge in [0.25, 0.3) is 0 Å². The Kier molecular flexibility index (Phi) is 6.49. The van der Waals surface area contributed by atoms with Crippen LogP contribution in [-0.2, 0) is 14.3 Å². The van der Waals surface area contributed by atoms with Crippen LogP contribution in [0.2, 0.25) is 0 Å². The number of nitrogens with one attached hydrogen (secondary N) is 1. The number of ether oxygens (including phenoxy) is 1. The average molecular weight is 274 g/mol. The molecule has 2 atom stereocenters. The van der Waals surface area contributed by atoms with Crippen molar-refractivity contribution in [3.8, 4) is 0 Å². The fourth-order valence-corrected chi connectivity index (χ4v) is 3.01. The van der Waals surface area contributed by atoms with E-state index in [1.807, 2.05) is 14.0 Å². The molecule has 6 heteroatoms. The first kappa shape index (κ1) is 15.3. The van der Waals surface area contributed by atoms with E-state index in [4.69, 9.17) is 4.74 Å². The molecule has 1 fully saturated rings. The predicted molar refractivity (Wildman–Crippen MR) is 72.5 cm³/mol. The first-order chi connectivity index (χ1) is 8.61. The topological polar surface area (TPSA) is 58.6 Å². The second-order valence-electron chi connectivity index (χ2n) is 4.33. The maximum Gasteiger partial charge on any atom is 0.329 e. The standard InChI is InChI=1S/C12H22N2O3S/c1-4-17-12(16)10-8-18-6-5-14(10)11(15)9(2)7-13-3/h9-10,13H,4-8H2,1-3H3. The summed E-state index contributed by atoms with van der Waals surface area (Å²) >= 11 is 1.69. The molecule has 1 saturated heterocycles. The summed E-state index contributed by atoms with van der Waals surface area (Å²) in [4.78, 5) is 25.8. The third-order valence-electron chi connectivity index (χ3n) is 2.90. The summed E-state index contributed by atoms with van der Waals surface area (Å²) in [6.07, 6.45) is 0. The summed E-state index contributed by atoms with van der Waals surface area (Å²) in [5.74, 6) is 1.15. The third kappa shape index (κ3) is 3.88. The molecular weight excluding hydrogens is 252 g/mol. The first-order valence-corrected chi connectivity index (χ1v) is 7.46. The van der Waals surface area contributed by atoms with Crippen molar-refractivity contribution < 1.29 is 14.3 Å². The summed E-state index contributed by atoms with van der Waals surface area (Å²) < 4.78 is 5.04. The van der Waals surface area contributed by atoms with Gasteiger partial charge in [0.1, 0.15) is 6.04 Å². The van der Waals surface area contributed by atoms with E-state index < -0.39 is 6.04 Å². The molecule has 1 amide bonds. The summed E-state index contributed by atoms with van der Waals surface area (Å²) in [5, 5.41) is 2.99. The minimum absolute atomic E-state index is 0.0303. The maximum atomic E-state index is 12.3. The number of hydrogen-bond donors (Lipinski definition) is 1. The Bertz CT molecular complexity index is 299. The van der Waals surface area contributed by atoms with Crippen molar-refractivity contribution >= 4 is 23.6 Å². The molecule has 0 bridgehead atoms. The fraction of sp³-hybridized carbons (Fsp3) is 0.833. The molecule has 0 spiro atoms. The van der Waals surface area contributed by atoms with Gasteiger partial charge in [-0.15, -0.1) is 0 Å². The number of amides is 1. The minimum Gasteiger partial charge on any atom is -0.464 e. The predicted octanol–water partition coefficient (Wildman–Crippen LogP) is 0.349. The number of thioether (sulfide) groups is 1. The van der Waals surface area contributed by atoms with Gasteiger partial charge in [-0.05, 0) is 14.0 Å². The first-order valence-electron chi connectivity index (χ1n) is 6.31. The van der Waals surface area contributed by atoms with Gasteiger partial charge in [-0.1, -0.05) is 6.92 Å². The summed E-state index contributed by atoms with van der Waals surface area (Å²) in [7, 11) is 1.82. The molecule has 0 saturated carbocycles. The van der Waals surface area contributed by atoms with Crippen molar-refractivity contribution in [3.05, 3.63) is 0 Å². The van der Waals surface area contributed by atoms with Crippen molar-refractivity contribution in [1.29, 1.82) is 0 Å². The van der Waals surface area contributed by atoms with Crippen LogP contribution in [0.5, 0.6) is 0 Å². The maximum absolute atomic E-state index is 12.3. The molecule has 1 aliphatic rings. The quantitative estimate of drug-likeness (QED) is 0.733. The van der Waals surface area contributed by atoms with E-state index >= 15 is 0 Å². The van der Waals surface area contributed by atoms with E-state index in [0.717, 1.165) is 5.75 Å². The fourth-order valence-electron chi connectivity index (χ4n) is 1.98. The molecule has 1 N–H and O–H groups in total. The zero-order valence-electron chi connectivity index (χ0n) is 11.3. The SMILES string of the molecule is CCOC(=O)C1CSCCN1C(=O)C(C)CNC. The smallest absolute Gasteiger partial charge is 0.329 e. The normalized spacial score (nSPS) is 21.5. The van der Waals surface area contributed by atoms with Crippen LogP contribution >= 0.6 is 11.8 Å². The Morgan fingerprint density at radius 1 is 1.56 bits per heavy atom. The number of hydrogen-bond acceptors (Lipinski definition) is 5. The van der Waals surface area contributed by atoms with Crippen molar-refractivity contribution in [2.45, 2.75) is 19.9 Å². The van der Waals surface area contributed by atoms with E-state index in [2.05, 4.69) is 5.32 Å². The van der Waals surface area contributed by atoms with Crippen LogP contribution in [0, 0.1) is 5.92 Å². The molecular formula is C12H22N2O3S. The van der Waals surface area contributed by atoms with Crippen LogP contribution in [0.3, 0.4) is 0 Å². The van der Waals surface area contributed by atoms with Crippen LogP contribution in [0.4, 0.5) is 0 Å². The van der Waals surface area contributed by atoms with Crippen LogP contribution < -0.4 is 5.32 Å². The molecule has 104 valence electrons. The van der Waals surface area contributed by atoms with Crippen molar-refractivity contribution in [1.82, 2.24) is 10.2 Å². The number of carbonyl (C=O) groups excluding carboxylic acids is 2. The molecule has 18 heavy (non-hydrogen) atoms. The van der Waals surface area contributed by atoms with E-state index in [0.29, 0.717) is 25.4 Å². The minimum atomic E-state index is -0.421. The molecule has 5 nitrogen and oxygen atoms in total. The molecule has 0 radical (unpaired) electrons. The molecule has 0 aromatic heterocycles. The van der Waals surface area contributed by atoms with E-state index in [-0.39, 0.29) is 17.8 Å². The van der Waals surface area contributed by atoms with Gasteiger partial charge >= 0.3 is 5.97 Å². The second kappa shape index (κ2) is 7.63. The Labute approximate surface area is 113 Å². The van der Waals surface area contributed by atoms with Gasteiger partial charge in [0, 0.05) is 30.5 Å². The van der Waals surface area contributed by atoms with Crippen LogP contribution in [-0.4, -0.2) is 61.1 Å². The van der Waals surface area contributed by atoms with Crippen LogP contribution in [0.15, 0.2) is 0 Å². The molecule has 1 aliphatic heterocycles. The highest BCUT2D eigenvalue weighted by Crippen LogP contribution is 2.19. The van der Waals surface area contributed by atoms with Crippen molar-refractivity contribution in [3.63, 3.8) is 0 Å². The van der Waals surface area contributed by atoms with Gasteiger partial charge in [-0.3, -0.25) is 4.79 Å². The lowest BCUT2D eigenvalue weighted by Gasteiger charge is -2.35. The van der Waals surface area contributed by atoms with E-state index in [9.17, 15) is 9.59 Å². The van der Waals surface area contributed by atoms with Gasteiger partial charge in [0.2, 0.25) is 5.91 Å². The van der Waals surface area contributed by atoms with Gasteiger partial charge in [0.05, 0.1) is 6.61 Å². The molecule has 1 rings (SSSR count). The van der Waals surface area contributed by atoms with Gasteiger partial charge in [-0.2, -0.15) is 11.8 Å². The Hall–Kier alpha value is -0.750. The lowest BCUT2D eigenvalue weighted by molar-refractivity contribution is -0.155. The third-order valence-corrected chi connectivity index (χ3v) is 3.92. The highest BCUT2D eigenvalue weighted by molar-refractivity contribution is 7.99. The molecule has 0 aromatic carbocycles. The molecule has 2 unspecified atom stereocenters. The Morgan fingerprint density at radius 3 is 2.89 bits per heavy atom. The Balaban J connectivity index is 2.69. The zero-order valence-corrected chi connectivity index (χ0v) is 12.1. The zero-order chi connectivity index (χ0) is 13.5. The van der Waals surface area contributed by atoms with Gasteiger partial charge in [0.15, 0.2) is 0 Å². The highest BCUT2D eigenvalue weighted by Gasteiger charge is 2.35. The summed E-state index contributed by atoms with van der Waals surface area (Å²) in [5.41, 5.74) is 0. The highest BCUT2D eigenvalue weighted by atomic mass is 32.2. The number of nitrogens with zero attached hydrogens (tertiary/aromatic N) is 1. The summed E-state index contributed by atoms with van der Waals surface area (Å²) in [6.45, 7) is 5.26. The number of esters is 1. The average Bonchev–Trinajstić information content (AvgIpc) is 2.38. The van der Waals surface area contributed by atoms with Gasteiger partial charge in [-0.25, -0.2) is 4.79 Å². The second-order valence-corrected chi connectivity index (χ2v) is 5.48. The molecule has 0 aromatic rings.